The highest BCUT2D eigenvalue weighted by Crippen LogP contribution is 2.46. The fraction of sp³-hybridized carbons (Fsp3) is 0.667. The zero-order chi connectivity index (χ0) is 14.8. The van der Waals surface area contributed by atoms with E-state index in [1.54, 1.807) is 6.20 Å². The molecule has 112 valence electrons. The van der Waals surface area contributed by atoms with Crippen molar-refractivity contribution in [3.63, 3.8) is 0 Å². The van der Waals surface area contributed by atoms with Gasteiger partial charge in [0, 0.05) is 17.6 Å². The Labute approximate surface area is 125 Å². The van der Waals surface area contributed by atoms with E-state index in [1.165, 1.54) is 11.9 Å². The van der Waals surface area contributed by atoms with Gasteiger partial charge in [0.2, 0.25) is 0 Å². The summed E-state index contributed by atoms with van der Waals surface area (Å²) in [6.45, 7) is 7.53. The smallest absolute Gasteiger partial charge is 0.127 e. The first-order valence-electron chi connectivity index (χ1n) is 7.07. The van der Waals surface area contributed by atoms with Crippen LogP contribution in [-0.2, 0) is 0 Å². The third-order valence-corrected chi connectivity index (χ3v) is 4.51. The molecule has 0 saturated heterocycles. The van der Waals surface area contributed by atoms with Crippen LogP contribution in [0.2, 0.25) is 0 Å². The van der Waals surface area contributed by atoms with Gasteiger partial charge >= 0.3 is 0 Å². The number of hydrogen-bond donors (Lipinski definition) is 3. The largest absolute Gasteiger partial charge is 0.393 e. The summed E-state index contributed by atoms with van der Waals surface area (Å²) < 4.78 is 0. The molecule has 0 spiro atoms. The normalized spacial score (nSPS) is 29.1. The van der Waals surface area contributed by atoms with Crippen LogP contribution in [0, 0.1) is 10.8 Å². The lowest BCUT2D eigenvalue weighted by molar-refractivity contribution is -0.00320. The first-order valence-corrected chi connectivity index (χ1v) is 7.95. The molecule has 0 aromatic carbocycles. The number of rotatable bonds is 4. The molecular formula is C15H25N3OS. The molecule has 2 rings (SSSR count). The zero-order valence-corrected chi connectivity index (χ0v) is 13.3. The monoisotopic (exact) mass is 295 g/mol. The van der Waals surface area contributed by atoms with Crippen LogP contribution >= 0.6 is 11.9 Å². The van der Waals surface area contributed by atoms with Gasteiger partial charge in [0.25, 0.3) is 0 Å². The lowest BCUT2D eigenvalue weighted by Gasteiger charge is -2.45. The first-order chi connectivity index (χ1) is 9.32. The number of nitrogens with zero attached hydrogens (tertiary/aromatic N) is 1. The molecule has 1 heterocycles. The van der Waals surface area contributed by atoms with E-state index in [-0.39, 0.29) is 16.9 Å². The van der Waals surface area contributed by atoms with E-state index in [0.717, 1.165) is 36.5 Å². The van der Waals surface area contributed by atoms with E-state index in [0.29, 0.717) is 0 Å². The van der Waals surface area contributed by atoms with Crippen molar-refractivity contribution in [1.29, 1.82) is 0 Å². The van der Waals surface area contributed by atoms with Gasteiger partial charge in [-0.05, 0) is 54.2 Å². The van der Waals surface area contributed by atoms with E-state index >= 15 is 0 Å². The van der Waals surface area contributed by atoms with Crippen LogP contribution in [0.25, 0.3) is 0 Å². The van der Waals surface area contributed by atoms with Crippen LogP contribution in [0.3, 0.4) is 0 Å². The maximum Gasteiger partial charge on any atom is 0.127 e. The standard InChI is InChI=1S/C15H25N3OS/c1-14(2)7-11(19)8-15(3,9-14)10-18-13-6-12(20-16)4-5-17-13/h4-6,11,19H,7-10,16H2,1-3H3,(H,17,18). The lowest BCUT2D eigenvalue weighted by atomic mass is 9.63. The van der Waals surface area contributed by atoms with Gasteiger partial charge in [-0.2, -0.15) is 0 Å². The SMILES string of the molecule is CC1(C)CC(O)CC(C)(CNc2cc(SN)ccn2)C1. The summed E-state index contributed by atoms with van der Waals surface area (Å²) >= 11 is 1.22. The van der Waals surface area contributed by atoms with Gasteiger partial charge in [0.1, 0.15) is 5.82 Å². The Bertz CT molecular complexity index is 466. The molecule has 1 aliphatic rings. The van der Waals surface area contributed by atoms with Gasteiger partial charge in [0.15, 0.2) is 0 Å². The van der Waals surface area contributed by atoms with Crippen molar-refractivity contribution in [2.24, 2.45) is 16.0 Å². The summed E-state index contributed by atoms with van der Waals surface area (Å²) in [6, 6.07) is 3.85. The Hall–Kier alpha value is -0.780. The summed E-state index contributed by atoms with van der Waals surface area (Å²) in [6.07, 6.45) is 4.40. The summed E-state index contributed by atoms with van der Waals surface area (Å²) in [5.74, 6) is 0.847. The summed E-state index contributed by atoms with van der Waals surface area (Å²) in [4.78, 5) is 5.31. The molecule has 1 aromatic rings. The van der Waals surface area contributed by atoms with Gasteiger partial charge in [-0.25, -0.2) is 4.98 Å². The quantitative estimate of drug-likeness (QED) is 0.745. The lowest BCUT2D eigenvalue weighted by Crippen LogP contribution is -2.42. The zero-order valence-electron chi connectivity index (χ0n) is 12.5. The third-order valence-electron chi connectivity index (χ3n) is 3.99. The second kappa shape index (κ2) is 5.92. The molecule has 0 bridgehead atoms. The number of aromatic nitrogens is 1. The summed E-state index contributed by atoms with van der Waals surface area (Å²) in [7, 11) is 0. The first kappa shape index (κ1) is 15.6. The molecule has 5 heteroatoms. The molecule has 4 nitrogen and oxygen atoms in total. The molecule has 0 radical (unpaired) electrons. The van der Waals surface area contributed by atoms with E-state index in [2.05, 4.69) is 31.1 Å². The molecule has 0 amide bonds. The van der Waals surface area contributed by atoms with Crippen LogP contribution in [0.15, 0.2) is 23.2 Å². The van der Waals surface area contributed by atoms with E-state index < -0.39 is 0 Å². The Morgan fingerprint density at radius 3 is 2.85 bits per heavy atom. The second-order valence-electron chi connectivity index (χ2n) is 7.06. The molecule has 1 aliphatic carbocycles. The average Bonchev–Trinajstić information content (AvgIpc) is 2.34. The predicted molar refractivity (Wildman–Crippen MR) is 84.5 cm³/mol. The fourth-order valence-corrected chi connectivity index (χ4v) is 3.92. The minimum absolute atomic E-state index is 0.0920. The van der Waals surface area contributed by atoms with E-state index in [4.69, 9.17) is 5.14 Å². The van der Waals surface area contributed by atoms with Gasteiger partial charge < -0.3 is 10.4 Å². The average molecular weight is 295 g/mol. The van der Waals surface area contributed by atoms with Crippen LogP contribution in [-0.4, -0.2) is 22.7 Å². The van der Waals surface area contributed by atoms with Crippen molar-refractivity contribution in [1.82, 2.24) is 4.98 Å². The third kappa shape index (κ3) is 4.11. The molecule has 1 aromatic heterocycles. The Kier molecular flexibility index (Phi) is 4.62. The van der Waals surface area contributed by atoms with Crippen LogP contribution in [0.1, 0.15) is 40.0 Å². The topological polar surface area (TPSA) is 71.2 Å². The number of nitrogens with one attached hydrogen (secondary N) is 1. The number of aliphatic hydroxyl groups is 1. The van der Waals surface area contributed by atoms with Crippen molar-refractivity contribution in [2.75, 3.05) is 11.9 Å². The van der Waals surface area contributed by atoms with Crippen molar-refractivity contribution in [3.8, 4) is 0 Å². The number of nitrogens with two attached hydrogens (primary N) is 1. The fourth-order valence-electron chi connectivity index (χ4n) is 3.60. The minimum Gasteiger partial charge on any atom is -0.393 e. The molecule has 20 heavy (non-hydrogen) atoms. The second-order valence-corrected chi connectivity index (χ2v) is 7.77. The van der Waals surface area contributed by atoms with Gasteiger partial charge in [-0.3, -0.25) is 5.14 Å². The highest BCUT2D eigenvalue weighted by atomic mass is 32.2. The Morgan fingerprint density at radius 2 is 2.20 bits per heavy atom. The van der Waals surface area contributed by atoms with Crippen LogP contribution in [0.5, 0.6) is 0 Å². The number of aliphatic hydroxyl groups excluding tert-OH is 1. The van der Waals surface area contributed by atoms with Gasteiger partial charge in [0.05, 0.1) is 6.10 Å². The highest BCUT2D eigenvalue weighted by Gasteiger charge is 2.40. The molecule has 1 fully saturated rings. The minimum atomic E-state index is -0.204. The molecule has 1 saturated carbocycles. The maximum atomic E-state index is 10.1. The van der Waals surface area contributed by atoms with E-state index in [9.17, 15) is 5.11 Å². The van der Waals surface area contributed by atoms with Crippen molar-refractivity contribution < 1.29 is 5.11 Å². The molecule has 2 unspecified atom stereocenters. The highest BCUT2D eigenvalue weighted by molar-refractivity contribution is 7.97. The van der Waals surface area contributed by atoms with Crippen molar-refractivity contribution in [3.05, 3.63) is 18.3 Å². The van der Waals surface area contributed by atoms with Crippen LogP contribution in [0.4, 0.5) is 5.82 Å². The Balaban J connectivity index is 2.01. The molecule has 0 aliphatic heterocycles. The summed E-state index contributed by atoms with van der Waals surface area (Å²) in [5, 5.41) is 19.1. The van der Waals surface area contributed by atoms with Crippen molar-refractivity contribution >= 4 is 17.8 Å². The summed E-state index contributed by atoms with van der Waals surface area (Å²) in [5.41, 5.74) is 0.283. The van der Waals surface area contributed by atoms with Crippen LogP contribution < -0.4 is 10.5 Å². The number of pyridine rings is 1. The molecule has 4 N–H and O–H groups in total. The number of hydrogen-bond acceptors (Lipinski definition) is 5. The van der Waals surface area contributed by atoms with Gasteiger partial charge in [-0.15, -0.1) is 0 Å². The van der Waals surface area contributed by atoms with E-state index in [1.807, 2.05) is 12.1 Å². The predicted octanol–water partition coefficient (Wildman–Crippen LogP) is 3.04. The van der Waals surface area contributed by atoms with Crippen molar-refractivity contribution in [2.45, 2.75) is 51.0 Å². The molecule has 2 atom stereocenters. The maximum absolute atomic E-state index is 10.1. The Morgan fingerprint density at radius 1 is 1.45 bits per heavy atom. The van der Waals surface area contributed by atoms with Gasteiger partial charge in [-0.1, -0.05) is 20.8 Å². The molecular weight excluding hydrogens is 270 g/mol. The number of anilines is 1.